The molecule has 0 aromatic carbocycles. The fourth-order valence-electron chi connectivity index (χ4n) is 3.16. The molecule has 1 aliphatic carbocycles. The van der Waals surface area contributed by atoms with Crippen LogP contribution in [-0.4, -0.2) is 35.1 Å². The average molecular weight is 228 g/mol. The quantitative estimate of drug-likeness (QED) is 0.772. The Balaban J connectivity index is 1.89. The minimum atomic E-state index is -0.380. The van der Waals surface area contributed by atoms with Crippen molar-refractivity contribution < 1.29 is 14.9 Å². The summed E-state index contributed by atoms with van der Waals surface area (Å²) in [6, 6.07) is 0. The molecule has 1 atom stereocenters. The Hall–Kier alpha value is -0.120. The van der Waals surface area contributed by atoms with E-state index < -0.39 is 0 Å². The van der Waals surface area contributed by atoms with Gasteiger partial charge in [-0.3, -0.25) is 0 Å². The molecule has 0 radical (unpaired) electrons. The summed E-state index contributed by atoms with van der Waals surface area (Å²) >= 11 is 0. The lowest BCUT2D eigenvalue weighted by Crippen LogP contribution is -2.32. The molecular formula is C13H24O3. The van der Waals surface area contributed by atoms with Gasteiger partial charge in [-0.2, -0.15) is 0 Å². The highest BCUT2D eigenvalue weighted by Crippen LogP contribution is 2.45. The molecule has 1 saturated carbocycles. The smallest absolute Gasteiger partial charge is 0.0687 e. The van der Waals surface area contributed by atoms with Crippen LogP contribution in [0.25, 0.3) is 0 Å². The zero-order valence-electron chi connectivity index (χ0n) is 10.2. The maximum atomic E-state index is 9.29. The predicted molar refractivity (Wildman–Crippen MR) is 62.2 cm³/mol. The first-order valence-electron chi connectivity index (χ1n) is 6.51. The molecule has 1 spiro atoms. The van der Waals surface area contributed by atoms with Crippen molar-refractivity contribution in [3.63, 3.8) is 0 Å². The topological polar surface area (TPSA) is 49.7 Å². The van der Waals surface area contributed by atoms with Gasteiger partial charge in [-0.05, 0) is 32.1 Å². The van der Waals surface area contributed by atoms with Crippen LogP contribution in [-0.2, 0) is 4.74 Å². The van der Waals surface area contributed by atoms with Crippen LogP contribution >= 0.6 is 0 Å². The molecule has 2 N–H and O–H groups in total. The number of rotatable bonds is 4. The van der Waals surface area contributed by atoms with Gasteiger partial charge >= 0.3 is 0 Å². The molecule has 94 valence electrons. The van der Waals surface area contributed by atoms with E-state index >= 15 is 0 Å². The van der Waals surface area contributed by atoms with Crippen molar-refractivity contribution in [2.45, 2.75) is 63.6 Å². The van der Waals surface area contributed by atoms with Crippen molar-refractivity contribution in [1.29, 1.82) is 0 Å². The third-order valence-corrected chi connectivity index (χ3v) is 4.34. The predicted octanol–water partition coefficient (Wildman–Crippen LogP) is 1.86. The van der Waals surface area contributed by atoms with Crippen LogP contribution < -0.4 is 0 Å². The Morgan fingerprint density at radius 3 is 2.38 bits per heavy atom. The molecule has 0 bridgehead atoms. The van der Waals surface area contributed by atoms with Crippen LogP contribution in [0.2, 0.25) is 0 Å². The summed E-state index contributed by atoms with van der Waals surface area (Å²) in [6.07, 6.45) is 8.29. The highest BCUT2D eigenvalue weighted by Gasteiger charge is 2.43. The Bertz CT molecular complexity index is 229. The second-order valence-electron chi connectivity index (χ2n) is 6.00. The minimum absolute atomic E-state index is 0.0381. The number of hydrogen-bond donors (Lipinski definition) is 2. The van der Waals surface area contributed by atoms with E-state index in [1.165, 1.54) is 32.1 Å². The molecule has 0 aromatic heterocycles. The van der Waals surface area contributed by atoms with Gasteiger partial charge in [0.15, 0.2) is 0 Å². The molecule has 1 unspecified atom stereocenters. The van der Waals surface area contributed by atoms with Gasteiger partial charge in [0.1, 0.15) is 0 Å². The summed E-state index contributed by atoms with van der Waals surface area (Å²) in [5.74, 6) is 0. The molecular weight excluding hydrogens is 204 g/mol. The van der Waals surface area contributed by atoms with Crippen LogP contribution in [0.15, 0.2) is 0 Å². The van der Waals surface area contributed by atoms with Crippen molar-refractivity contribution in [1.82, 2.24) is 0 Å². The summed E-state index contributed by atoms with van der Waals surface area (Å²) in [6.45, 7) is 2.00. The Kier molecular flexibility index (Phi) is 3.57. The first-order chi connectivity index (χ1) is 7.61. The lowest BCUT2D eigenvalue weighted by Gasteiger charge is -2.30. The fraction of sp³-hybridized carbons (Fsp3) is 1.00. The SMILES string of the molecule is CC(CO)(CO)CC1CCC2(CCCC2)O1. The Morgan fingerprint density at radius 2 is 1.81 bits per heavy atom. The number of aliphatic hydroxyl groups is 2. The lowest BCUT2D eigenvalue weighted by atomic mass is 9.85. The van der Waals surface area contributed by atoms with Gasteiger partial charge < -0.3 is 14.9 Å². The first-order valence-corrected chi connectivity index (χ1v) is 6.51. The van der Waals surface area contributed by atoms with E-state index in [1.54, 1.807) is 0 Å². The van der Waals surface area contributed by atoms with Gasteiger partial charge in [0.05, 0.1) is 24.9 Å². The summed E-state index contributed by atoms with van der Waals surface area (Å²) < 4.78 is 6.19. The molecule has 16 heavy (non-hydrogen) atoms. The molecule has 0 amide bonds. The molecule has 2 aliphatic rings. The fourth-order valence-corrected chi connectivity index (χ4v) is 3.16. The molecule has 1 heterocycles. The maximum Gasteiger partial charge on any atom is 0.0687 e. The van der Waals surface area contributed by atoms with E-state index in [0.29, 0.717) is 0 Å². The van der Waals surface area contributed by atoms with Crippen molar-refractivity contribution in [3.8, 4) is 0 Å². The summed E-state index contributed by atoms with van der Waals surface area (Å²) in [5.41, 5.74) is -0.217. The standard InChI is InChI=1S/C13H24O3/c1-12(9-14,10-15)8-11-4-7-13(16-11)5-2-3-6-13/h11,14-15H,2-10H2,1H3. The summed E-state index contributed by atoms with van der Waals surface area (Å²) in [7, 11) is 0. The van der Waals surface area contributed by atoms with Gasteiger partial charge in [-0.25, -0.2) is 0 Å². The second kappa shape index (κ2) is 4.63. The average Bonchev–Trinajstić information content (AvgIpc) is 2.90. The zero-order valence-corrected chi connectivity index (χ0v) is 10.2. The van der Waals surface area contributed by atoms with Crippen LogP contribution in [0, 0.1) is 5.41 Å². The Morgan fingerprint density at radius 1 is 1.19 bits per heavy atom. The second-order valence-corrected chi connectivity index (χ2v) is 6.00. The van der Waals surface area contributed by atoms with Crippen molar-refractivity contribution >= 4 is 0 Å². The van der Waals surface area contributed by atoms with E-state index in [4.69, 9.17) is 4.74 Å². The highest BCUT2D eigenvalue weighted by atomic mass is 16.5. The largest absolute Gasteiger partial charge is 0.396 e. The number of hydrogen-bond acceptors (Lipinski definition) is 3. The van der Waals surface area contributed by atoms with Gasteiger partial charge in [-0.15, -0.1) is 0 Å². The summed E-state index contributed by atoms with van der Waals surface area (Å²) in [5, 5.41) is 18.6. The molecule has 3 nitrogen and oxygen atoms in total. The van der Waals surface area contributed by atoms with Crippen molar-refractivity contribution in [2.75, 3.05) is 13.2 Å². The third-order valence-electron chi connectivity index (χ3n) is 4.34. The van der Waals surface area contributed by atoms with Gasteiger partial charge in [0.25, 0.3) is 0 Å². The highest BCUT2D eigenvalue weighted by molar-refractivity contribution is 4.94. The third kappa shape index (κ3) is 2.41. The van der Waals surface area contributed by atoms with Gasteiger partial charge in [0.2, 0.25) is 0 Å². The Labute approximate surface area is 97.8 Å². The monoisotopic (exact) mass is 228 g/mol. The van der Waals surface area contributed by atoms with Gasteiger partial charge in [0, 0.05) is 5.41 Å². The lowest BCUT2D eigenvalue weighted by molar-refractivity contribution is -0.0649. The van der Waals surface area contributed by atoms with E-state index in [-0.39, 0.29) is 30.3 Å². The number of ether oxygens (including phenoxy) is 1. The van der Waals surface area contributed by atoms with Crippen LogP contribution in [0.5, 0.6) is 0 Å². The maximum absolute atomic E-state index is 9.29. The molecule has 2 fully saturated rings. The van der Waals surface area contributed by atoms with E-state index in [1.807, 2.05) is 6.92 Å². The van der Waals surface area contributed by atoms with Crippen molar-refractivity contribution in [2.24, 2.45) is 5.41 Å². The van der Waals surface area contributed by atoms with Crippen LogP contribution in [0.1, 0.15) is 51.9 Å². The molecule has 1 aliphatic heterocycles. The zero-order chi connectivity index (χ0) is 11.6. The first kappa shape index (κ1) is 12.3. The van der Waals surface area contributed by atoms with Gasteiger partial charge in [-0.1, -0.05) is 19.8 Å². The number of aliphatic hydroxyl groups excluding tert-OH is 2. The normalized spacial score (nSPS) is 29.1. The minimum Gasteiger partial charge on any atom is -0.396 e. The molecule has 3 heteroatoms. The van der Waals surface area contributed by atoms with E-state index in [2.05, 4.69) is 0 Å². The van der Waals surface area contributed by atoms with E-state index in [0.717, 1.165) is 12.8 Å². The summed E-state index contributed by atoms with van der Waals surface area (Å²) in [4.78, 5) is 0. The molecule has 0 aromatic rings. The molecule has 1 saturated heterocycles. The van der Waals surface area contributed by atoms with E-state index in [9.17, 15) is 10.2 Å². The van der Waals surface area contributed by atoms with Crippen LogP contribution in [0.3, 0.4) is 0 Å². The van der Waals surface area contributed by atoms with Crippen molar-refractivity contribution in [3.05, 3.63) is 0 Å². The van der Waals surface area contributed by atoms with Crippen LogP contribution in [0.4, 0.5) is 0 Å². The molecule has 2 rings (SSSR count).